The van der Waals surface area contributed by atoms with E-state index in [4.69, 9.17) is 10.00 Å². The van der Waals surface area contributed by atoms with Crippen molar-refractivity contribution in [3.05, 3.63) is 54.1 Å². The van der Waals surface area contributed by atoms with Gasteiger partial charge in [-0.25, -0.2) is 4.39 Å². The number of pyridine rings is 1. The van der Waals surface area contributed by atoms with Gasteiger partial charge in [0, 0.05) is 17.5 Å². The molecule has 0 aliphatic heterocycles. The van der Waals surface area contributed by atoms with Gasteiger partial charge in [-0.3, -0.25) is 9.78 Å². The fourth-order valence-corrected chi connectivity index (χ4v) is 5.67. The molecule has 1 aromatic carbocycles. The number of rotatable bonds is 6. The van der Waals surface area contributed by atoms with Crippen molar-refractivity contribution in [3.8, 4) is 11.8 Å². The second-order valence-corrected chi connectivity index (χ2v) is 9.35. The number of ether oxygens (including phenoxy) is 1. The molecule has 3 saturated carbocycles. The molecule has 3 aromatic rings. The number of aromatic nitrogens is 3. The SMILES string of the molecule is N#Cc1ccc(NC(=O)C(C2CC2)[C@H]2[C@@H]3C[C@@H](Oc4ccnc5ccc(F)cc45)C[C@@H]32)nn1. The van der Waals surface area contributed by atoms with E-state index < -0.39 is 0 Å². The zero-order valence-electron chi connectivity index (χ0n) is 17.8. The quantitative estimate of drug-likeness (QED) is 0.616. The average molecular weight is 443 g/mol. The number of carbonyl (C=O) groups is 1. The number of amides is 1. The van der Waals surface area contributed by atoms with Crippen LogP contribution in [0.1, 0.15) is 31.4 Å². The molecule has 33 heavy (non-hydrogen) atoms. The third kappa shape index (κ3) is 3.78. The molecule has 6 rings (SSSR count). The molecule has 0 radical (unpaired) electrons. The summed E-state index contributed by atoms with van der Waals surface area (Å²) in [5.41, 5.74) is 0.936. The van der Waals surface area contributed by atoms with E-state index in [9.17, 15) is 9.18 Å². The number of fused-ring (bicyclic) bond motifs is 2. The largest absolute Gasteiger partial charge is 0.490 e. The number of carbonyl (C=O) groups excluding carboxylic acids is 1. The Labute approximate surface area is 190 Å². The Balaban J connectivity index is 1.12. The van der Waals surface area contributed by atoms with Gasteiger partial charge >= 0.3 is 0 Å². The van der Waals surface area contributed by atoms with Crippen molar-refractivity contribution in [1.29, 1.82) is 5.26 Å². The van der Waals surface area contributed by atoms with Crippen molar-refractivity contribution < 1.29 is 13.9 Å². The number of halogens is 1. The second kappa shape index (κ2) is 7.77. The summed E-state index contributed by atoms with van der Waals surface area (Å²) in [5.74, 6) is 2.48. The Morgan fingerprint density at radius 3 is 2.67 bits per heavy atom. The van der Waals surface area contributed by atoms with Crippen LogP contribution in [0.5, 0.6) is 5.75 Å². The molecule has 3 fully saturated rings. The van der Waals surface area contributed by atoms with Gasteiger partial charge in [-0.05, 0) is 85.8 Å². The van der Waals surface area contributed by atoms with Crippen LogP contribution in [0.3, 0.4) is 0 Å². The van der Waals surface area contributed by atoms with E-state index in [2.05, 4.69) is 20.5 Å². The molecule has 1 N–H and O–H groups in total. The Morgan fingerprint density at radius 1 is 1.15 bits per heavy atom. The van der Waals surface area contributed by atoms with E-state index in [1.807, 2.05) is 6.07 Å². The Bertz CT molecular complexity index is 1260. The maximum absolute atomic E-state index is 13.7. The topological polar surface area (TPSA) is 101 Å². The third-order valence-electron chi connectivity index (χ3n) is 7.30. The standard InChI is InChI=1S/C25H22FN5O2/c26-14-3-5-20-19(9-14)21(7-8-28-20)33-16-10-17-18(11-16)24(17)23(13-1-2-13)25(32)29-22-6-4-15(12-27)30-31-22/h3-9,13,16-18,23-24H,1-2,10-11H2,(H,29,31,32)/t16-,17-,18+,23?,24+. The van der Waals surface area contributed by atoms with Crippen LogP contribution in [-0.4, -0.2) is 27.2 Å². The fourth-order valence-electron chi connectivity index (χ4n) is 5.67. The Hall–Kier alpha value is -3.60. The van der Waals surface area contributed by atoms with Gasteiger partial charge in [0.2, 0.25) is 5.91 Å². The van der Waals surface area contributed by atoms with Gasteiger partial charge in [-0.2, -0.15) is 5.26 Å². The summed E-state index contributed by atoms with van der Waals surface area (Å²) in [6, 6.07) is 11.4. The maximum atomic E-state index is 13.7. The van der Waals surface area contributed by atoms with Crippen LogP contribution in [-0.2, 0) is 4.79 Å². The van der Waals surface area contributed by atoms with E-state index in [1.165, 1.54) is 12.1 Å². The molecule has 3 aliphatic rings. The number of hydrogen-bond donors (Lipinski definition) is 1. The van der Waals surface area contributed by atoms with Gasteiger partial charge in [0.1, 0.15) is 17.6 Å². The van der Waals surface area contributed by atoms with E-state index in [0.717, 1.165) is 25.7 Å². The molecule has 8 heteroatoms. The molecule has 0 saturated heterocycles. The van der Waals surface area contributed by atoms with Gasteiger partial charge in [0.25, 0.3) is 0 Å². The number of nitriles is 1. The van der Waals surface area contributed by atoms with Crippen LogP contribution >= 0.6 is 0 Å². The average Bonchev–Trinajstić information content (AvgIpc) is 3.73. The van der Waals surface area contributed by atoms with Crippen molar-refractivity contribution in [2.24, 2.45) is 29.6 Å². The van der Waals surface area contributed by atoms with Crippen LogP contribution in [0, 0.1) is 46.7 Å². The molecular weight excluding hydrogens is 421 g/mol. The molecule has 0 spiro atoms. The molecule has 7 nitrogen and oxygen atoms in total. The van der Waals surface area contributed by atoms with Crippen molar-refractivity contribution in [2.75, 3.05) is 5.32 Å². The zero-order valence-corrected chi connectivity index (χ0v) is 17.8. The summed E-state index contributed by atoms with van der Waals surface area (Å²) < 4.78 is 20.0. The zero-order chi connectivity index (χ0) is 22.5. The first-order chi connectivity index (χ1) is 16.1. The van der Waals surface area contributed by atoms with Crippen molar-refractivity contribution >= 4 is 22.6 Å². The van der Waals surface area contributed by atoms with Crippen molar-refractivity contribution in [2.45, 2.75) is 31.8 Å². The maximum Gasteiger partial charge on any atom is 0.229 e. The van der Waals surface area contributed by atoms with E-state index in [1.54, 1.807) is 30.5 Å². The molecule has 2 heterocycles. The summed E-state index contributed by atoms with van der Waals surface area (Å²) in [6.45, 7) is 0. The van der Waals surface area contributed by atoms with Crippen molar-refractivity contribution in [3.63, 3.8) is 0 Å². The highest BCUT2D eigenvalue weighted by atomic mass is 19.1. The smallest absolute Gasteiger partial charge is 0.229 e. The van der Waals surface area contributed by atoms with E-state index in [0.29, 0.717) is 46.1 Å². The first kappa shape index (κ1) is 20.0. The highest BCUT2D eigenvalue weighted by molar-refractivity contribution is 5.92. The van der Waals surface area contributed by atoms with Gasteiger partial charge < -0.3 is 10.1 Å². The predicted molar refractivity (Wildman–Crippen MR) is 117 cm³/mol. The molecule has 0 bridgehead atoms. The second-order valence-electron chi connectivity index (χ2n) is 9.35. The molecule has 166 valence electrons. The Kier molecular flexibility index (Phi) is 4.72. The minimum Gasteiger partial charge on any atom is -0.490 e. The summed E-state index contributed by atoms with van der Waals surface area (Å²) >= 11 is 0. The first-order valence-electron chi connectivity index (χ1n) is 11.4. The molecule has 2 aromatic heterocycles. The number of nitrogens with zero attached hydrogens (tertiary/aromatic N) is 4. The van der Waals surface area contributed by atoms with Crippen LogP contribution in [0.25, 0.3) is 10.9 Å². The minimum atomic E-state index is -0.306. The lowest BCUT2D eigenvalue weighted by Crippen LogP contribution is -2.29. The van der Waals surface area contributed by atoms with Crippen LogP contribution in [0.4, 0.5) is 10.2 Å². The summed E-state index contributed by atoms with van der Waals surface area (Å²) in [7, 11) is 0. The van der Waals surface area contributed by atoms with Gasteiger partial charge in [0.05, 0.1) is 11.6 Å². The van der Waals surface area contributed by atoms with E-state index in [-0.39, 0.29) is 29.4 Å². The minimum absolute atomic E-state index is 0.00368. The summed E-state index contributed by atoms with van der Waals surface area (Å²) in [6.07, 6.45) is 5.73. The lowest BCUT2D eigenvalue weighted by atomic mass is 9.91. The van der Waals surface area contributed by atoms with Crippen LogP contribution in [0.15, 0.2) is 42.6 Å². The van der Waals surface area contributed by atoms with E-state index >= 15 is 0 Å². The Morgan fingerprint density at radius 2 is 1.97 bits per heavy atom. The lowest BCUT2D eigenvalue weighted by Gasteiger charge is -2.22. The monoisotopic (exact) mass is 443 g/mol. The van der Waals surface area contributed by atoms with Crippen LogP contribution < -0.4 is 10.1 Å². The molecule has 3 aliphatic carbocycles. The molecule has 5 atom stereocenters. The number of nitrogens with one attached hydrogen (secondary N) is 1. The fraction of sp³-hybridized carbons (Fsp3) is 0.400. The van der Waals surface area contributed by atoms with Gasteiger partial charge in [-0.15, -0.1) is 10.2 Å². The summed E-state index contributed by atoms with van der Waals surface area (Å²) in [5, 5.41) is 20.2. The highest BCUT2D eigenvalue weighted by Gasteiger charge is 2.63. The number of hydrogen-bond acceptors (Lipinski definition) is 6. The van der Waals surface area contributed by atoms with Gasteiger partial charge in [-0.1, -0.05) is 0 Å². The molecular formula is C25H22FN5O2. The van der Waals surface area contributed by atoms with Crippen LogP contribution in [0.2, 0.25) is 0 Å². The normalized spacial score (nSPS) is 26.3. The molecule has 1 amide bonds. The highest BCUT2D eigenvalue weighted by Crippen LogP contribution is 2.64. The number of anilines is 1. The predicted octanol–water partition coefficient (Wildman–Crippen LogP) is 4.10. The van der Waals surface area contributed by atoms with Crippen molar-refractivity contribution in [1.82, 2.24) is 15.2 Å². The summed E-state index contributed by atoms with van der Waals surface area (Å²) in [4.78, 5) is 17.4. The number of benzene rings is 1. The lowest BCUT2D eigenvalue weighted by molar-refractivity contribution is -0.121. The van der Waals surface area contributed by atoms with Gasteiger partial charge in [0.15, 0.2) is 11.5 Å². The molecule has 1 unspecified atom stereocenters. The third-order valence-corrected chi connectivity index (χ3v) is 7.30. The first-order valence-corrected chi connectivity index (χ1v) is 11.4.